The highest BCUT2D eigenvalue weighted by atomic mass is 19.1. The van der Waals surface area contributed by atoms with Gasteiger partial charge in [0.05, 0.1) is 11.2 Å². The topological polar surface area (TPSA) is 69.7 Å². The van der Waals surface area contributed by atoms with Crippen LogP contribution in [0, 0.1) is 12.7 Å². The normalized spacial score (nSPS) is 10.6. The summed E-state index contributed by atoms with van der Waals surface area (Å²) in [6.07, 6.45) is 0.833. The largest absolute Gasteiger partial charge is 0.489 e. The van der Waals surface area contributed by atoms with Crippen molar-refractivity contribution in [2.24, 2.45) is 0 Å². The van der Waals surface area contributed by atoms with Crippen molar-refractivity contribution in [2.45, 2.75) is 13.5 Å². The molecule has 5 rings (SSSR count). The third-order valence-corrected chi connectivity index (χ3v) is 5.59. The number of halogens is 1. The van der Waals surface area contributed by atoms with Crippen molar-refractivity contribution < 1.29 is 23.4 Å². The van der Waals surface area contributed by atoms with E-state index in [1.807, 2.05) is 49.4 Å². The van der Waals surface area contributed by atoms with Gasteiger partial charge in [0, 0.05) is 23.7 Å². The van der Waals surface area contributed by atoms with Gasteiger partial charge in [0.25, 0.3) is 0 Å². The average Bonchev–Trinajstić information content (AvgIpc) is 2.91. The third kappa shape index (κ3) is 5.85. The number of para-hydroxylation sites is 1. The highest BCUT2D eigenvalue weighted by molar-refractivity contribution is 5.88. The van der Waals surface area contributed by atoms with Crippen LogP contribution in [-0.4, -0.2) is 11.1 Å². The van der Waals surface area contributed by atoms with Crippen LogP contribution in [0.3, 0.4) is 0 Å². The number of benzene rings is 4. The van der Waals surface area contributed by atoms with Gasteiger partial charge in [-0.25, -0.2) is 9.18 Å². The minimum Gasteiger partial charge on any atom is -0.489 e. The summed E-state index contributed by atoms with van der Waals surface area (Å²) in [5.74, 6) is 1.22. The number of aromatic nitrogens is 1. The van der Waals surface area contributed by atoms with E-state index in [2.05, 4.69) is 10.3 Å². The Morgan fingerprint density at radius 2 is 1.62 bits per heavy atom. The molecule has 0 aliphatic heterocycles. The number of nitrogens with one attached hydrogen (secondary N) is 1. The first-order valence-corrected chi connectivity index (χ1v) is 11.6. The fraction of sp³-hybridized carbons (Fsp3) is 0.0667. The lowest BCUT2D eigenvalue weighted by molar-refractivity contribution is 0.215. The maximum absolute atomic E-state index is 14.7. The van der Waals surface area contributed by atoms with E-state index in [9.17, 15) is 9.18 Å². The second kappa shape index (κ2) is 10.8. The lowest BCUT2D eigenvalue weighted by Crippen LogP contribution is -2.17. The van der Waals surface area contributed by atoms with E-state index in [4.69, 9.17) is 14.2 Å². The molecule has 0 aliphatic carbocycles. The van der Waals surface area contributed by atoms with Gasteiger partial charge in [-0.2, -0.15) is 0 Å². The molecule has 4 aromatic carbocycles. The standard InChI is InChI=1S/C30H23FN2O4/c1-20-16-24-27(18-29(20)35-19-21-8-4-2-5-9-21)32-15-14-28(24)36-23-12-13-26(25(31)17-23)33-30(34)37-22-10-6-3-7-11-22/h2-18H,19H2,1H3,(H,33,34). The summed E-state index contributed by atoms with van der Waals surface area (Å²) in [5.41, 5.74) is 2.65. The first-order valence-electron chi connectivity index (χ1n) is 11.6. The van der Waals surface area contributed by atoms with E-state index in [1.165, 1.54) is 12.1 Å². The van der Waals surface area contributed by atoms with E-state index < -0.39 is 11.9 Å². The van der Waals surface area contributed by atoms with Crippen molar-refractivity contribution in [1.29, 1.82) is 0 Å². The van der Waals surface area contributed by atoms with Gasteiger partial charge in [-0.05, 0) is 54.4 Å². The molecule has 0 bridgehead atoms. The molecule has 0 saturated heterocycles. The Kier molecular flexibility index (Phi) is 6.94. The number of rotatable bonds is 7. The second-order valence-corrected chi connectivity index (χ2v) is 8.29. The molecule has 0 spiro atoms. The monoisotopic (exact) mass is 494 g/mol. The summed E-state index contributed by atoms with van der Waals surface area (Å²) in [6.45, 7) is 2.40. The van der Waals surface area contributed by atoms with Crippen LogP contribution in [0.4, 0.5) is 14.9 Å². The lowest BCUT2D eigenvalue weighted by atomic mass is 10.1. The number of pyridine rings is 1. The lowest BCUT2D eigenvalue weighted by Gasteiger charge is -2.14. The average molecular weight is 495 g/mol. The van der Waals surface area contributed by atoms with E-state index in [1.54, 1.807) is 48.7 Å². The molecule has 0 saturated carbocycles. The van der Waals surface area contributed by atoms with E-state index in [-0.39, 0.29) is 11.4 Å². The van der Waals surface area contributed by atoms with Crippen LogP contribution >= 0.6 is 0 Å². The molecule has 0 aliphatic rings. The first kappa shape index (κ1) is 23.8. The summed E-state index contributed by atoms with van der Waals surface area (Å²) in [7, 11) is 0. The molecule has 6 nitrogen and oxygen atoms in total. The predicted octanol–water partition coefficient (Wildman–Crippen LogP) is 7.66. The van der Waals surface area contributed by atoms with Gasteiger partial charge in [0.1, 0.15) is 29.6 Å². The molecule has 1 N–H and O–H groups in total. The number of nitrogens with zero attached hydrogens (tertiary/aromatic N) is 1. The van der Waals surface area contributed by atoms with Crippen molar-refractivity contribution in [3.05, 3.63) is 120 Å². The smallest absolute Gasteiger partial charge is 0.417 e. The number of amides is 1. The number of hydrogen-bond donors (Lipinski definition) is 1. The second-order valence-electron chi connectivity index (χ2n) is 8.29. The maximum Gasteiger partial charge on any atom is 0.417 e. The minimum atomic E-state index is -0.792. The zero-order valence-electron chi connectivity index (χ0n) is 20.0. The first-order chi connectivity index (χ1) is 18.0. The summed E-state index contributed by atoms with van der Waals surface area (Å²) in [4.78, 5) is 16.5. The molecular weight excluding hydrogens is 471 g/mol. The van der Waals surface area contributed by atoms with Gasteiger partial charge in [0.15, 0.2) is 5.82 Å². The zero-order valence-corrected chi connectivity index (χ0v) is 20.0. The number of carbonyl (C=O) groups excluding carboxylic acids is 1. The predicted molar refractivity (Wildman–Crippen MR) is 140 cm³/mol. The molecule has 37 heavy (non-hydrogen) atoms. The Balaban J connectivity index is 1.30. The van der Waals surface area contributed by atoms with Crippen LogP contribution in [0.2, 0.25) is 0 Å². The number of anilines is 1. The SMILES string of the molecule is Cc1cc2c(Oc3ccc(NC(=O)Oc4ccccc4)c(F)c3)ccnc2cc1OCc1ccccc1. The van der Waals surface area contributed by atoms with Crippen LogP contribution < -0.4 is 19.5 Å². The van der Waals surface area contributed by atoms with Crippen LogP contribution in [-0.2, 0) is 6.61 Å². The van der Waals surface area contributed by atoms with Gasteiger partial charge >= 0.3 is 6.09 Å². The highest BCUT2D eigenvalue weighted by Crippen LogP contribution is 2.34. The van der Waals surface area contributed by atoms with Gasteiger partial charge in [0.2, 0.25) is 0 Å². The zero-order chi connectivity index (χ0) is 25.6. The molecular formula is C30H23FN2O4. The van der Waals surface area contributed by atoms with Gasteiger partial charge in [-0.1, -0.05) is 48.5 Å². The third-order valence-electron chi connectivity index (χ3n) is 5.59. The molecule has 1 heterocycles. The molecule has 5 aromatic rings. The Labute approximate surface area is 213 Å². The quantitative estimate of drug-likeness (QED) is 0.251. The number of hydrogen-bond acceptors (Lipinski definition) is 5. The Morgan fingerprint density at radius 3 is 2.38 bits per heavy atom. The molecule has 0 atom stereocenters. The van der Waals surface area contributed by atoms with Crippen molar-refractivity contribution in [2.75, 3.05) is 5.32 Å². The fourth-order valence-electron chi connectivity index (χ4n) is 3.76. The van der Waals surface area contributed by atoms with Crippen molar-refractivity contribution in [3.8, 4) is 23.0 Å². The van der Waals surface area contributed by atoms with E-state index in [0.717, 1.165) is 22.3 Å². The number of ether oxygens (including phenoxy) is 3. The summed E-state index contributed by atoms with van der Waals surface area (Å²) in [5, 5.41) is 3.17. The molecule has 0 unspecified atom stereocenters. The van der Waals surface area contributed by atoms with E-state index in [0.29, 0.717) is 23.6 Å². The van der Waals surface area contributed by atoms with Crippen molar-refractivity contribution >= 4 is 22.7 Å². The molecule has 7 heteroatoms. The summed E-state index contributed by atoms with van der Waals surface area (Å²) >= 11 is 0. The van der Waals surface area contributed by atoms with Crippen LogP contribution in [0.15, 0.2) is 103 Å². The van der Waals surface area contributed by atoms with Crippen molar-refractivity contribution in [3.63, 3.8) is 0 Å². The van der Waals surface area contributed by atoms with E-state index >= 15 is 0 Å². The van der Waals surface area contributed by atoms with Gasteiger partial charge in [-0.15, -0.1) is 0 Å². The molecule has 184 valence electrons. The molecule has 1 amide bonds. The van der Waals surface area contributed by atoms with Gasteiger partial charge < -0.3 is 14.2 Å². The number of fused-ring (bicyclic) bond motifs is 1. The molecule has 1 aromatic heterocycles. The fourth-order valence-corrected chi connectivity index (χ4v) is 3.76. The Morgan fingerprint density at radius 1 is 0.865 bits per heavy atom. The van der Waals surface area contributed by atoms with Crippen molar-refractivity contribution in [1.82, 2.24) is 4.98 Å². The number of carbonyl (C=O) groups is 1. The van der Waals surface area contributed by atoms with Crippen LogP contribution in [0.25, 0.3) is 10.9 Å². The number of aryl methyl sites for hydroxylation is 1. The Bertz CT molecular complexity index is 1540. The van der Waals surface area contributed by atoms with Gasteiger partial charge in [-0.3, -0.25) is 10.3 Å². The maximum atomic E-state index is 14.7. The van der Waals surface area contributed by atoms with Crippen LogP contribution in [0.5, 0.6) is 23.0 Å². The minimum absolute atomic E-state index is 0.0241. The van der Waals surface area contributed by atoms with Crippen LogP contribution in [0.1, 0.15) is 11.1 Å². The summed E-state index contributed by atoms with van der Waals surface area (Å²) in [6, 6.07) is 28.2. The molecule has 0 fully saturated rings. The summed E-state index contributed by atoms with van der Waals surface area (Å²) < 4.78 is 31.9. The molecule has 0 radical (unpaired) electrons. The highest BCUT2D eigenvalue weighted by Gasteiger charge is 2.13. The Hall–Kier alpha value is -4.91.